The highest BCUT2D eigenvalue weighted by molar-refractivity contribution is 6.09. The van der Waals surface area contributed by atoms with E-state index in [1.807, 2.05) is 32.0 Å². The summed E-state index contributed by atoms with van der Waals surface area (Å²) in [6, 6.07) is 6.28. The lowest BCUT2D eigenvalue weighted by atomic mass is 9.74. The monoisotopic (exact) mass is 464 g/mol. The van der Waals surface area contributed by atoms with Crippen LogP contribution in [-0.4, -0.2) is 41.8 Å². The normalized spacial score (nSPS) is 33.3. The van der Waals surface area contributed by atoms with E-state index in [0.717, 1.165) is 48.5 Å². The minimum absolute atomic E-state index is 0.0624. The molecule has 0 radical (unpaired) electrons. The number of rotatable bonds is 6. The van der Waals surface area contributed by atoms with Gasteiger partial charge in [0.25, 0.3) is 0 Å². The van der Waals surface area contributed by atoms with Crippen molar-refractivity contribution >= 4 is 17.4 Å². The number of carbonyl (C=O) groups is 1. The number of hydrogen-bond acceptors (Lipinski definition) is 8. The van der Waals surface area contributed by atoms with Crippen LogP contribution in [-0.2, 0) is 10.2 Å². The maximum Gasteiger partial charge on any atom is 0.235 e. The third-order valence-electron chi connectivity index (χ3n) is 8.21. The molecule has 2 aromatic rings. The van der Waals surface area contributed by atoms with Crippen molar-refractivity contribution in [2.24, 2.45) is 17.8 Å². The summed E-state index contributed by atoms with van der Waals surface area (Å²) in [5.41, 5.74) is 8.64. The Bertz CT molecular complexity index is 1130. The zero-order valence-corrected chi connectivity index (χ0v) is 19.9. The molecule has 2 aliphatic carbocycles. The maximum atomic E-state index is 13.0. The van der Waals surface area contributed by atoms with Crippen LogP contribution in [0.1, 0.15) is 44.0 Å². The summed E-state index contributed by atoms with van der Waals surface area (Å²) < 4.78 is 11.2. The third-order valence-corrected chi connectivity index (χ3v) is 8.21. The van der Waals surface area contributed by atoms with Crippen LogP contribution in [0.15, 0.2) is 24.4 Å². The molecule has 6 atom stereocenters. The summed E-state index contributed by atoms with van der Waals surface area (Å²) in [6.45, 7) is 4.41. The topological polar surface area (TPSA) is 109 Å². The Balaban J connectivity index is 1.15. The average Bonchev–Trinajstić information content (AvgIpc) is 3.39. The molecule has 0 bridgehead atoms. The van der Waals surface area contributed by atoms with Gasteiger partial charge in [0.15, 0.2) is 11.6 Å². The summed E-state index contributed by atoms with van der Waals surface area (Å²) in [5, 5.41) is 6.66. The molecular weight excluding hydrogens is 432 g/mol. The number of benzene rings is 1. The van der Waals surface area contributed by atoms with Gasteiger partial charge >= 0.3 is 0 Å². The molecule has 180 valence electrons. The Labute approximate surface area is 199 Å². The molecule has 2 saturated carbocycles. The molecule has 34 heavy (non-hydrogen) atoms. The Kier molecular flexibility index (Phi) is 5.14. The van der Waals surface area contributed by atoms with Crippen LogP contribution >= 0.6 is 0 Å². The molecule has 1 saturated heterocycles. The molecule has 4 unspecified atom stereocenters. The van der Waals surface area contributed by atoms with Crippen molar-refractivity contribution in [3.63, 3.8) is 0 Å². The molecule has 3 fully saturated rings. The lowest BCUT2D eigenvalue weighted by molar-refractivity contribution is -0.118. The summed E-state index contributed by atoms with van der Waals surface area (Å²) in [5.74, 6) is 4.40. The number of fused-ring (bicyclic) bond motifs is 3. The molecule has 4 aliphatic rings. The smallest absolute Gasteiger partial charge is 0.235 e. The Morgan fingerprint density at radius 1 is 1.26 bits per heavy atom. The van der Waals surface area contributed by atoms with Gasteiger partial charge in [-0.3, -0.25) is 10.2 Å². The minimum Gasteiger partial charge on any atom is -0.497 e. The first-order chi connectivity index (χ1) is 16.5. The van der Waals surface area contributed by atoms with E-state index in [1.54, 1.807) is 13.3 Å². The summed E-state index contributed by atoms with van der Waals surface area (Å²) in [6.07, 6.45) is 5.97. The van der Waals surface area contributed by atoms with E-state index in [0.29, 0.717) is 42.0 Å². The molecule has 9 heteroatoms. The molecule has 4 N–H and O–H groups in total. The number of nitrogens with zero attached hydrogens (tertiary/aromatic N) is 2. The van der Waals surface area contributed by atoms with Crippen LogP contribution in [0, 0.1) is 24.7 Å². The number of nitrogens with one attached hydrogen (secondary N) is 4. The van der Waals surface area contributed by atoms with E-state index in [-0.39, 0.29) is 17.5 Å². The van der Waals surface area contributed by atoms with Gasteiger partial charge in [0.05, 0.1) is 31.5 Å². The largest absolute Gasteiger partial charge is 0.497 e. The molecule has 2 aliphatic heterocycles. The summed E-state index contributed by atoms with van der Waals surface area (Å²) in [7, 11) is 1.67. The maximum absolute atomic E-state index is 13.0. The van der Waals surface area contributed by atoms with E-state index >= 15 is 0 Å². The van der Waals surface area contributed by atoms with Crippen molar-refractivity contribution in [3.05, 3.63) is 35.8 Å². The van der Waals surface area contributed by atoms with Crippen molar-refractivity contribution in [2.75, 3.05) is 24.4 Å². The van der Waals surface area contributed by atoms with Crippen LogP contribution in [0.5, 0.6) is 11.5 Å². The minimum atomic E-state index is -0.379. The van der Waals surface area contributed by atoms with Crippen LogP contribution in [0.25, 0.3) is 0 Å². The number of anilines is 2. The number of aromatic nitrogens is 2. The third kappa shape index (κ3) is 3.32. The van der Waals surface area contributed by atoms with Crippen molar-refractivity contribution in [2.45, 2.75) is 57.2 Å². The number of ether oxygens (including phenoxy) is 2. The highest BCUT2D eigenvalue weighted by atomic mass is 16.5. The molecular formula is C25H32N6O3. The number of methoxy groups -OCH3 is 1. The molecule has 3 heterocycles. The predicted molar refractivity (Wildman–Crippen MR) is 128 cm³/mol. The van der Waals surface area contributed by atoms with Gasteiger partial charge in [-0.05, 0) is 75.1 Å². The molecule has 6 rings (SSSR count). The van der Waals surface area contributed by atoms with Crippen molar-refractivity contribution < 1.29 is 14.3 Å². The van der Waals surface area contributed by atoms with Gasteiger partial charge in [-0.2, -0.15) is 0 Å². The number of aryl methyl sites for hydroxylation is 1. The standard InChI is InChI=1S/C25H32N6O3/c1-4-34-21-12-26-13(2)27-23(21)29-22-16-7-5-14(9-20(16)30-31-22)18-11-25(18)17-10-15(33-3)6-8-19(17)28-24(25)32/h6,8,10,12,14,16,18,20,22,30-31H,4-5,7,9,11H2,1-3H3,(H,28,32)(H,26,27,29)/t14?,16?,18-,20?,22?,25-/m0/s1. The summed E-state index contributed by atoms with van der Waals surface area (Å²) >= 11 is 0. The van der Waals surface area contributed by atoms with Crippen LogP contribution in [0.4, 0.5) is 11.5 Å². The fraction of sp³-hybridized carbons (Fsp3) is 0.560. The second-order valence-electron chi connectivity index (χ2n) is 9.96. The first kappa shape index (κ1) is 21.6. The second kappa shape index (κ2) is 8.09. The van der Waals surface area contributed by atoms with Gasteiger partial charge in [0.1, 0.15) is 11.6 Å². The second-order valence-corrected chi connectivity index (χ2v) is 9.96. The van der Waals surface area contributed by atoms with Crippen LogP contribution < -0.4 is 31.0 Å². The quantitative estimate of drug-likeness (QED) is 0.517. The first-order valence-electron chi connectivity index (χ1n) is 12.3. The van der Waals surface area contributed by atoms with Gasteiger partial charge in [0, 0.05) is 17.6 Å². The predicted octanol–water partition coefficient (Wildman–Crippen LogP) is 2.73. The highest BCUT2D eigenvalue weighted by Gasteiger charge is 2.67. The average molecular weight is 465 g/mol. The van der Waals surface area contributed by atoms with Crippen LogP contribution in [0.2, 0.25) is 0 Å². The zero-order chi connectivity index (χ0) is 23.4. The van der Waals surface area contributed by atoms with E-state index in [9.17, 15) is 4.79 Å². The van der Waals surface area contributed by atoms with Gasteiger partial charge < -0.3 is 20.1 Å². The highest BCUT2D eigenvalue weighted by Crippen LogP contribution is 2.65. The van der Waals surface area contributed by atoms with E-state index in [2.05, 4.69) is 31.5 Å². The van der Waals surface area contributed by atoms with Crippen LogP contribution in [0.3, 0.4) is 0 Å². The first-order valence-corrected chi connectivity index (χ1v) is 12.3. The summed E-state index contributed by atoms with van der Waals surface area (Å²) in [4.78, 5) is 21.9. The van der Waals surface area contributed by atoms with Gasteiger partial charge in [-0.25, -0.2) is 15.4 Å². The van der Waals surface area contributed by atoms with Crippen molar-refractivity contribution in [3.8, 4) is 11.5 Å². The molecule has 9 nitrogen and oxygen atoms in total. The Morgan fingerprint density at radius 2 is 2.15 bits per heavy atom. The fourth-order valence-electron chi connectivity index (χ4n) is 6.49. The van der Waals surface area contributed by atoms with Gasteiger partial charge in [0.2, 0.25) is 5.91 Å². The van der Waals surface area contributed by atoms with Gasteiger partial charge in [-0.15, -0.1) is 0 Å². The van der Waals surface area contributed by atoms with Gasteiger partial charge in [-0.1, -0.05) is 0 Å². The number of amides is 1. The fourth-order valence-corrected chi connectivity index (χ4v) is 6.49. The van der Waals surface area contributed by atoms with E-state index in [1.165, 1.54) is 0 Å². The number of carbonyl (C=O) groups excluding carboxylic acids is 1. The van der Waals surface area contributed by atoms with Crippen molar-refractivity contribution in [1.82, 2.24) is 20.8 Å². The molecule has 1 spiro atoms. The molecule has 1 aromatic carbocycles. The number of hydrogen-bond donors (Lipinski definition) is 4. The van der Waals surface area contributed by atoms with E-state index in [4.69, 9.17) is 9.47 Å². The Hall–Kier alpha value is -2.91. The molecule has 1 amide bonds. The SMILES string of the molecule is CCOc1cnc(C)nc1NC1NNC2CC([C@@H]3C[C@@]34C(=O)Nc3ccc(OC)cc34)CCC21. The van der Waals surface area contributed by atoms with E-state index < -0.39 is 0 Å². The zero-order valence-electron chi connectivity index (χ0n) is 19.9. The number of hydrazine groups is 1. The lowest BCUT2D eigenvalue weighted by Crippen LogP contribution is -2.39. The Morgan fingerprint density at radius 3 is 2.97 bits per heavy atom. The molecule has 1 aromatic heterocycles. The lowest BCUT2D eigenvalue weighted by Gasteiger charge is -2.34. The van der Waals surface area contributed by atoms with Crippen molar-refractivity contribution in [1.29, 1.82) is 0 Å².